The molecule has 3 atom stereocenters. The van der Waals surface area contributed by atoms with E-state index in [0.717, 1.165) is 32.5 Å². The number of rotatable bonds is 5. The number of aliphatic hydroxyl groups is 1. The Kier molecular flexibility index (Phi) is 5.15. The summed E-state index contributed by atoms with van der Waals surface area (Å²) in [4.78, 5) is 2.51. The topological polar surface area (TPSA) is 50.5 Å². The third-order valence-corrected chi connectivity index (χ3v) is 5.53. The summed E-state index contributed by atoms with van der Waals surface area (Å²) in [5.41, 5.74) is 2.51. The predicted molar refractivity (Wildman–Crippen MR) is 96.1 cm³/mol. The first-order chi connectivity index (χ1) is 12.3. The standard InChI is InChI=1S/C20H27N3O2/c24-20-8-10-25-15-18(20)19-7-4-9-22(19)12-17-11-21-23(14-17)13-16-5-2-1-3-6-16/h1-3,5-6,11,14,18-20,24H,4,7-10,12-13,15H2/t18-,19-,20-/m1/s1. The number of likely N-dealkylation sites (tertiary alicyclic amines) is 1. The van der Waals surface area contributed by atoms with E-state index in [1.165, 1.54) is 17.5 Å². The summed E-state index contributed by atoms with van der Waals surface area (Å²) in [6.45, 7) is 4.19. The molecule has 134 valence electrons. The number of hydrogen-bond donors (Lipinski definition) is 1. The molecule has 0 saturated carbocycles. The van der Waals surface area contributed by atoms with Crippen LogP contribution in [0.5, 0.6) is 0 Å². The third-order valence-electron chi connectivity index (χ3n) is 5.53. The minimum Gasteiger partial charge on any atom is -0.393 e. The average molecular weight is 341 g/mol. The van der Waals surface area contributed by atoms with Crippen molar-refractivity contribution in [2.75, 3.05) is 19.8 Å². The molecule has 2 aromatic rings. The number of ether oxygens (including phenoxy) is 1. The fraction of sp³-hybridized carbons (Fsp3) is 0.550. The summed E-state index contributed by atoms with van der Waals surface area (Å²) in [5.74, 6) is 0.246. The van der Waals surface area contributed by atoms with E-state index in [-0.39, 0.29) is 12.0 Å². The molecule has 5 nitrogen and oxygen atoms in total. The Hall–Kier alpha value is -1.69. The van der Waals surface area contributed by atoms with Gasteiger partial charge in [0.2, 0.25) is 0 Å². The SMILES string of the molecule is O[C@@H]1CCOC[C@@H]1[C@H]1CCCN1Cc1cnn(Cc2ccccc2)c1. The van der Waals surface area contributed by atoms with Crippen LogP contribution in [0.3, 0.4) is 0 Å². The largest absolute Gasteiger partial charge is 0.393 e. The first kappa shape index (κ1) is 16.8. The molecule has 1 aromatic carbocycles. The Morgan fingerprint density at radius 1 is 1.12 bits per heavy atom. The van der Waals surface area contributed by atoms with Crippen molar-refractivity contribution in [3.8, 4) is 0 Å². The minimum absolute atomic E-state index is 0.222. The van der Waals surface area contributed by atoms with Gasteiger partial charge in [0.25, 0.3) is 0 Å². The molecule has 4 rings (SSSR count). The van der Waals surface area contributed by atoms with Gasteiger partial charge in [-0.3, -0.25) is 9.58 Å². The van der Waals surface area contributed by atoms with Gasteiger partial charge in [0, 0.05) is 36.9 Å². The van der Waals surface area contributed by atoms with E-state index in [1.54, 1.807) is 0 Å². The molecule has 2 aliphatic rings. The normalized spacial score (nSPS) is 27.6. The maximum Gasteiger partial charge on any atom is 0.0659 e. The summed E-state index contributed by atoms with van der Waals surface area (Å²) >= 11 is 0. The van der Waals surface area contributed by atoms with Gasteiger partial charge in [-0.1, -0.05) is 30.3 Å². The van der Waals surface area contributed by atoms with Crippen LogP contribution in [0.2, 0.25) is 0 Å². The number of hydrogen-bond acceptors (Lipinski definition) is 4. The highest BCUT2D eigenvalue weighted by Crippen LogP contribution is 2.30. The maximum atomic E-state index is 10.4. The van der Waals surface area contributed by atoms with Crippen molar-refractivity contribution in [3.05, 3.63) is 53.9 Å². The van der Waals surface area contributed by atoms with Gasteiger partial charge in [-0.05, 0) is 31.4 Å². The number of nitrogens with zero attached hydrogens (tertiary/aromatic N) is 3. The van der Waals surface area contributed by atoms with Crippen LogP contribution in [0, 0.1) is 5.92 Å². The Morgan fingerprint density at radius 3 is 2.84 bits per heavy atom. The number of aromatic nitrogens is 2. The molecule has 25 heavy (non-hydrogen) atoms. The van der Waals surface area contributed by atoms with Gasteiger partial charge in [0.15, 0.2) is 0 Å². The lowest BCUT2D eigenvalue weighted by Gasteiger charge is -2.36. The molecule has 0 aliphatic carbocycles. The second kappa shape index (κ2) is 7.68. The smallest absolute Gasteiger partial charge is 0.0659 e. The number of benzene rings is 1. The van der Waals surface area contributed by atoms with Crippen LogP contribution in [0.25, 0.3) is 0 Å². The van der Waals surface area contributed by atoms with E-state index in [9.17, 15) is 5.11 Å². The Labute approximate surface area is 149 Å². The van der Waals surface area contributed by atoms with E-state index in [2.05, 4.69) is 40.5 Å². The molecule has 0 spiro atoms. The first-order valence-corrected chi connectivity index (χ1v) is 9.35. The van der Waals surface area contributed by atoms with E-state index in [1.807, 2.05) is 16.9 Å². The van der Waals surface area contributed by atoms with Crippen LogP contribution in [-0.2, 0) is 17.8 Å². The monoisotopic (exact) mass is 341 g/mol. The van der Waals surface area contributed by atoms with Crippen molar-refractivity contribution in [3.63, 3.8) is 0 Å². The van der Waals surface area contributed by atoms with Crippen LogP contribution in [0.15, 0.2) is 42.7 Å². The summed E-state index contributed by atoms with van der Waals surface area (Å²) in [6.07, 6.45) is 7.03. The highest BCUT2D eigenvalue weighted by molar-refractivity contribution is 5.15. The second-order valence-electron chi connectivity index (χ2n) is 7.31. The molecule has 2 aliphatic heterocycles. The molecule has 2 saturated heterocycles. The van der Waals surface area contributed by atoms with Gasteiger partial charge in [0.05, 0.1) is 25.5 Å². The van der Waals surface area contributed by atoms with Crippen LogP contribution in [-0.4, -0.2) is 51.7 Å². The van der Waals surface area contributed by atoms with Crippen molar-refractivity contribution >= 4 is 0 Å². The zero-order chi connectivity index (χ0) is 17.1. The van der Waals surface area contributed by atoms with E-state index < -0.39 is 0 Å². The summed E-state index contributed by atoms with van der Waals surface area (Å²) in [6, 6.07) is 10.8. The number of aliphatic hydroxyl groups excluding tert-OH is 1. The lowest BCUT2D eigenvalue weighted by molar-refractivity contribution is -0.0636. The Balaban J connectivity index is 1.39. The first-order valence-electron chi connectivity index (χ1n) is 9.35. The van der Waals surface area contributed by atoms with Crippen molar-refractivity contribution in [1.82, 2.24) is 14.7 Å². The summed E-state index contributed by atoms with van der Waals surface area (Å²) in [7, 11) is 0. The molecule has 2 fully saturated rings. The van der Waals surface area contributed by atoms with Crippen LogP contribution in [0.4, 0.5) is 0 Å². The van der Waals surface area contributed by atoms with E-state index in [4.69, 9.17) is 4.74 Å². The fourth-order valence-electron chi connectivity index (χ4n) is 4.23. The summed E-state index contributed by atoms with van der Waals surface area (Å²) in [5, 5.41) is 14.9. The minimum atomic E-state index is -0.222. The fourth-order valence-corrected chi connectivity index (χ4v) is 4.23. The third kappa shape index (κ3) is 3.94. The van der Waals surface area contributed by atoms with Crippen LogP contribution in [0.1, 0.15) is 30.4 Å². The van der Waals surface area contributed by atoms with Crippen molar-refractivity contribution in [2.24, 2.45) is 5.92 Å². The van der Waals surface area contributed by atoms with Gasteiger partial charge < -0.3 is 9.84 Å². The highest BCUT2D eigenvalue weighted by Gasteiger charge is 2.37. The van der Waals surface area contributed by atoms with Gasteiger partial charge >= 0.3 is 0 Å². The predicted octanol–water partition coefficient (Wildman–Crippen LogP) is 2.29. The molecule has 0 amide bonds. The lowest BCUT2D eigenvalue weighted by atomic mass is 9.89. The molecule has 0 bridgehead atoms. The van der Waals surface area contributed by atoms with Gasteiger partial charge in [0.1, 0.15) is 0 Å². The molecule has 3 heterocycles. The molecular weight excluding hydrogens is 314 g/mol. The highest BCUT2D eigenvalue weighted by atomic mass is 16.5. The quantitative estimate of drug-likeness (QED) is 0.907. The molecular formula is C20H27N3O2. The van der Waals surface area contributed by atoms with Crippen LogP contribution < -0.4 is 0 Å². The maximum absolute atomic E-state index is 10.4. The Morgan fingerprint density at radius 2 is 2.00 bits per heavy atom. The molecule has 0 unspecified atom stereocenters. The van der Waals surface area contributed by atoms with Crippen molar-refractivity contribution in [2.45, 2.75) is 44.5 Å². The van der Waals surface area contributed by atoms with Crippen molar-refractivity contribution in [1.29, 1.82) is 0 Å². The Bertz CT molecular complexity index is 673. The van der Waals surface area contributed by atoms with Crippen LogP contribution >= 0.6 is 0 Å². The zero-order valence-corrected chi connectivity index (χ0v) is 14.6. The second-order valence-corrected chi connectivity index (χ2v) is 7.31. The molecule has 5 heteroatoms. The van der Waals surface area contributed by atoms with Gasteiger partial charge in [-0.2, -0.15) is 5.10 Å². The van der Waals surface area contributed by atoms with Crippen molar-refractivity contribution < 1.29 is 9.84 Å². The zero-order valence-electron chi connectivity index (χ0n) is 14.6. The molecule has 1 aromatic heterocycles. The summed E-state index contributed by atoms with van der Waals surface area (Å²) < 4.78 is 7.64. The van der Waals surface area contributed by atoms with E-state index >= 15 is 0 Å². The average Bonchev–Trinajstić information content (AvgIpc) is 3.26. The van der Waals surface area contributed by atoms with E-state index in [0.29, 0.717) is 19.3 Å². The molecule has 1 N–H and O–H groups in total. The van der Waals surface area contributed by atoms with Gasteiger partial charge in [-0.15, -0.1) is 0 Å². The van der Waals surface area contributed by atoms with Gasteiger partial charge in [-0.25, -0.2) is 0 Å². The lowest BCUT2D eigenvalue weighted by Crippen LogP contribution is -2.45. The molecule has 0 radical (unpaired) electrons.